The van der Waals surface area contributed by atoms with Gasteiger partial charge in [-0.2, -0.15) is 0 Å². The highest BCUT2D eigenvalue weighted by Gasteiger charge is 2.33. The summed E-state index contributed by atoms with van der Waals surface area (Å²) in [7, 11) is 3.40. The second kappa shape index (κ2) is 6.76. The second-order valence-corrected chi connectivity index (χ2v) is 5.55. The predicted molar refractivity (Wildman–Crippen MR) is 79.1 cm³/mol. The Kier molecular flexibility index (Phi) is 5.01. The van der Waals surface area contributed by atoms with Crippen LogP contribution in [0.5, 0.6) is 0 Å². The Morgan fingerprint density at radius 3 is 2.76 bits per heavy atom. The van der Waals surface area contributed by atoms with Crippen LogP contribution < -0.4 is 0 Å². The number of rotatable bonds is 6. The molecule has 6 nitrogen and oxygen atoms in total. The molecular formula is C15H23N3O3. The van der Waals surface area contributed by atoms with Crippen LogP contribution in [0.25, 0.3) is 0 Å². The summed E-state index contributed by atoms with van der Waals surface area (Å²) in [6.07, 6.45) is 3.64. The number of aromatic nitrogens is 1. The van der Waals surface area contributed by atoms with Crippen molar-refractivity contribution in [3.8, 4) is 0 Å². The van der Waals surface area contributed by atoms with Crippen molar-refractivity contribution in [3.05, 3.63) is 23.5 Å². The van der Waals surface area contributed by atoms with Gasteiger partial charge in [0.15, 0.2) is 0 Å². The lowest BCUT2D eigenvalue weighted by Crippen LogP contribution is -2.55. The number of H-pyrrole nitrogens is 1. The topological polar surface area (TPSA) is 65.6 Å². The molecule has 0 bridgehead atoms. The lowest BCUT2D eigenvalue weighted by molar-refractivity contribution is -0.138. The molecule has 6 heteroatoms. The van der Waals surface area contributed by atoms with Crippen molar-refractivity contribution in [2.75, 3.05) is 33.8 Å². The monoisotopic (exact) mass is 293 g/mol. The maximum Gasteiger partial charge on any atom is 0.255 e. The molecule has 0 atom stereocenters. The van der Waals surface area contributed by atoms with Gasteiger partial charge in [-0.1, -0.05) is 13.3 Å². The number of hydrogen-bond acceptors (Lipinski definition) is 3. The summed E-state index contributed by atoms with van der Waals surface area (Å²) in [6, 6.07) is 1.83. The van der Waals surface area contributed by atoms with Gasteiger partial charge in [-0.3, -0.25) is 9.59 Å². The largest absolute Gasteiger partial charge is 0.365 e. The van der Waals surface area contributed by atoms with Gasteiger partial charge >= 0.3 is 0 Å². The highest BCUT2D eigenvalue weighted by Crippen LogP contribution is 2.18. The third-order valence-electron chi connectivity index (χ3n) is 3.64. The number of nitrogens with zero attached hydrogens (tertiary/aromatic N) is 2. The Morgan fingerprint density at radius 1 is 1.43 bits per heavy atom. The number of likely N-dealkylation sites (tertiary alicyclic amines) is 1. The molecule has 2 amide bonds. The van der Waals surface area contributed by atoms with E-state index in [1.807, 2.05) is 12.3 Å². The van der Waals surface area contributed by atoms with E-state index in [2.05, 4.69) is 11.9 Å². The summed E-state index contributed by atoms with van der Waals surface area (Å²) in [5.74, 6) is -0.0193. The number of carbonyl (C=O) groups excluding carboxylic acids is 2. The quantitative estimate of drug-likeness (QED) is 0.847. The van der Waals surface area contributed by atoms with Crippen LogP contribution in [0.1, 0.15) is 29.4 Å². The minimum Gasteiger partial charge on any atom is -0.365 e. The molecule has 1 fully saturated rings. The average molecular weight is 293 g/mol. The van der Waals surface area contributed by atoms with Crippen molar-refractivity contribution in [2.24, 2.45) is 0 Å². The number of nitrogens with one attached hydrogen (secondary N) is 1. The molecule has 21 heavy (non-hydrogen) atoms. The van der Waals surface area contributed by atoms with Crippen LogP contribution in [0.15, 0.2) is 12.3 Å². The molecule has 2 heterocycles. The first-order valence-corrected chi connectivity index (χ1v) is 7.30. The summed E-state index contributed by atoms with van der Waals surface area (Å²) >= 11 is 0. The third kappa shape index (κ3) is 3.64. The number of carbonyl (C=O) groups is 2. The number of aryl methyl sites for hydroxylation is 1. The standard InChI is InChI=1S/C15H23N3O3/c1-4-5-13-12(6-7-16-13)15(20)18-8-11(9-18)21-10-14(19)17(2)3/h6-7,11,16H,4-5,8-10H2,1-3H3. The van der Waals surface area contributed by atoms with E-state index < -0.39 is 0 Å². The minimum atomic E-state index is -0.0596. The first-order chi connectivity index (χ1) is 10.0. The van der Waals surface area contributed by atoms with Gasteiger partial charge < -0.3 is 19.5 Å². The molecule has 1 N–H and O–H groups in total. The molecule has 1 aromatic rings. The fraction of sp³-hybridized carbons (Fsp3) is 0.600. The Hall–Kier alpha value is -1.82. The van der Waals surface area contributed by atoms with Gasteiger partial charge in [0, 0.05) is 39.1 Å². The van der Waals surface area contributed by atoms with Crippen molar-refractivity contribution in [1.82, 2.24) is 14.8 Å². The Labute approximate surface area is 125 Å². The zero-order valence-corrected chi connectivity index (χ0v) is 12.9. The lowest BCUT2D eigenvalue weighted by Gasteiger charge is -2.38. The average Bonchev–Trinajstić information content (AvgIpc) is 2.84. The summed E-state index contributed by atoms with van der Waals surface area (Å²) in [6.45, 7) is 3.27. The highest BCUT2D eigenvalue weighted by atomic mass is 16.5. The number of likely N-dealkylation sites (N-methyl/N-ethyl adjacent to an activating group) is 1. The van der Waals surface area contributed by atoms with Gasteiger partial charge in [0.25, 0.3) is 5.91 Å². The van der Waals surface area contributed by atoms with Crippen LogP contribution in [0.2, 0.25) is 0 Å². The van der Waals surface area contributed by atoms with Gasteiger partial charge in [0.05, 0.1) is 11.7 Å². The smallest absolute Gasteiger partial charge is 0.255 e. The first kappa shape index (κ1) is 15.6. The maximum absolute atomic E-state index is 12.4. The molecule has 1 saturated heterocycles. The molecule has 0 radical (unpaired) electrons. The molecule has 0 saturated carbocycles. The van der Waals surface area contributed by atoms with E-state index in [0.29, 0.717) is 13.1 Å². The number of hydrogen-bond donors (Lipinski definition) is 1. The van der Waals surface area contributed by atoms with Crippen LogP contribution >= 0.6 is 0 Å². The first-order valence-electron chi connectivity index (χ1n) is 7.30. The normalized spacial score (nSPS) is 14.9. The summed E-state index contributed by atoms with van der Waals surface area (Å²) in [5, 5.41) is 0. The van der Waals surface area contributed by atoms with Crippen LogP contribution in [0.3, 0.4) is 0 Å². The maximum atomic E-state index is 12.4. The van der Waals surface area contributed by atoms with Crippen LogP contribution in [-0.2, 0) is 16.0 Å². The van der Waals surface area contributed by atoms with Gasteiger partial charge in [-0.15, -0.1) is 0 Å². The summed E-state index contributed by atoms with van der Waals surface area (Å²) in [5.41, 5.74) is 1.74. The van der Waals surface area contributed by atoms with E-state index in [4.69, 9.17) is 4.74 Å². The zero-order valence-electron chi connectivity index (χ0n) is 12.9. The van der Waals surface area contributed by atoms with E-state index in [9.17, 15) is 9.59 Å². The molecule has 0 aliphatic carbocycles. The van der Waals surface area contributed by atoms with E-state index in [-0.39, 0.29) is 24.5 Å². The fourth-order valence-corrected chi connectivity index (χ4v) is 2.26. The molecular weight excluding hydrogens is 270 g/mol. The zero-order chi connectivity index (χ0) is 15.4. The Bertz CT molecular complexity index is 504. The van der Waals surface area contributed by atoms with Crippen LogP contribution in [0, 0.1) is 0 Å². The van der Waals surface area contributed by atoms with Crippen molar-refractivity contribution >= 4 is 11.8 Å². The molecule has 1 aliphatic heterocycles. The van der Waals surface area contributed by atoms with Crippen LogP contribution in [-0.4, -0.2) is 66.5 Å². The molecule has 0 unspecified atom stereocenters. The molecule has 0 spiro atoms. The van der Waals surface area contributed by atoms with Gasteiger partial charge in [-0.25, -0.2) is 0 Å². The van der Waals surface area contributed by atoms with E-state index in [1.165, 1.54) is 4.90 Å². The second-order valence-electron chi connectivity index (χ2n) is 5.55. The van der Waals surface area contributed by atoms with E-state index >= 15 is 0 Å². The fourth-order valence-electron chi connectivity index (χ4n) is 2.26. The summed E-state index contributed by atoms with van der Waals surface area (Å²) in [4.78, 5) is 30.2. The molecule has 116 valence electrons. The SMILES string of the molecule is CCCc1[nH]ccc1C(=O)N1CC(OCC(=O)N(C)C)C1. The van der Waals surface area contributed by atoms with Crippen molar-refractivity contribution in [3.63, 3.8) is 0 Å². The third-order valence-corrected chi connectivity index (χ3v) is 3.64. The van der Waals surface area contributed by atoms with Crippen molar-refractivity contribution < 1.29 is 14.3 Å². The summed E-state index contributed by atoms with van der Waals surface area (Å²) < 4.78 is 5.48. The van der Waals surface area contributed by atoms with Gasteiger partial charge in [-0.05, 0) is 12.5 Å². The van der Waals surface area contributed by atoms with E-state index in [0.717, 1.165) is 24.1 Å². The number of ether oxygens (including phenoxy) is 1. The Balaban J connectivity index is 1.80. The number of aromatic amines is 1. The minimum absolute atomic E-state index is 0.0357. The molecule has 1 aromatic heterocycles. The van der Waals surface area contributed by atoms with Crippen molar-refractivity contribution in [2.45, 2.75) is 25.9 Å². The molecule has 0 aromatic carbocycles. The molecule has 1 aliphatic rings. The Morgan fingerprint density at radius 2 is 2.14 bits per heavy atom. The van der Waals surface area contributed by atoms with Crippen LogP contribution in [0.4, 0.5) is 0 Å². The van der Waals surface area contributed by atoms with Gasteiger partial charge in [0.1, 0.15) is 6.61 Å². The molecule has 2 rings (SSSR count). The predicted octanol–water partition coefficient (Wildman–Crippen LogP) is 0.896. The van der Waals surface area contributed by atoms with E-state index in [1.54, 1.807) is 19.0 Å². The van der Waals surface area contributed by atoms with Crippen molar-refractivity contribution in [1.29, 1.82) is 0 Å². The highest BCUT2D eigenvalue weighted by molar-refractivity contribution is 5.96. The number of amides is 2. The lowest BCUT2D eigenvalue weighted by atomic mass is 10.1. The van der Waals surface area contributed by atoms with Gasteiger partial charge in [0.2, 0.25) is 5.91 Å².